The Hall–Kier alpha value is -1.51. The zero-order valence-corrected chi connectivity index (χ0v) is 9.84. The van der Waals surface area contributed by atoms with Crippen LogP contribution in [0.2, 0.25) is 0 Å². The van der Waals surface area contributed by atoms with Gasteiger partial charge in [-0.1, -0.05) is 19.1 Å². The van der Waals surface area contributed by atoms with Gasteiger partial charge in [-0.3, -0.25) is 4.79 Å². The van der Waals surface area contributed by atoms with Crippen molar-refractivity contribution in [3.63, 3.8) is 0 Å². The van der Waals surface area contributed by atoms with Crippen molar-refractivity contribution in [1.82, 2.24) is 5.32 Å². The number of para-hydroxylation sites is 1. The van der Waals surface area contributed by atoms with E-state index in [-0.39, 0.29) is 5.91 Å². The molecule has 0 atom stereocenters. The molecule has 86 valence electrons. The quantitative estimate of drug-likeness (QED) is 0.814. The Bertz CT molecular complexity index is 397. The molecule has 0 saturated heterocycles. The summed E-state index contributed by atoms with van der Waals surface area (Å²) in [5, 5.41) is 6.03. The average molecular weight is 218 g/mol. The van der Waals surface area contributed by atoms with Gasteiger partial charge < -0.3 is 10.6 Å². The summed E-state index contributed by atoms with van der Waals surface area (Å²) in [5.74, 6) is 0.0121. The van der Waals surface area contributed by atoms with Gasteiger partial charge in [0.2, 0.25) is 0 Å². The molecule has 0 heterocycles. The number of carbonyl (C=O) groups is 1. The monoisotopic (exact) mass is 218 g/mol. The lowest BCUT2D eigenvalue weighted by molar-refractivity contribution is 0.0947. The molecule has 0 bridgehead atoms. The summed E-state index contributed by atoms with van der Waals surface area (Å²) in [4.78, 5) is 11.9. The van der Waals surface area contributed by atoms with E-state index in [4.69, 9.17) is 0 Å². The van der Waals surface area contributed by atoms with E-state index >= 15 is 0 Å². The molecule has 1 aliphatic rings. The van der Waals surface area contributed by atoms with Crippen LogP contribution >= 0.6 is 0 Å². The second-order valence-electron chi connectivity index (χ2n) is 4.79. The van der Waals surface area contributed by atoms with Gasteiger partial charge in [-0.25, -0.2) is 0 Å². The zero-order valence-electron chi connectivity index (χ0n) is 9.84. The lowest BCUT2D eigenvalue weighted by Gasteiger charge is -2.12. The minimum atomic E-state index is 0.0121. The van der Waals surface area contributed by atoms with Crippen molar-refractivity contribution in [2.75, 3.05) is 18.9 Å². The smallest absolute Gasteiger partial charge is 0.253 e. The van der Waals surface area contributed by atoms with E-state index in [0.29, 0.717) is 11.0 Å². The van der Waals surface area contributed by atoms with Gasteiger partial charge in [-0.2, -0.15) is 0 Å². The highest BCUT2D eigenvalue weighted by atomic mass is 16.1. The van der Waals surface area contributed by atoms with Gasteiger partial charge in [-0.05, 0) is 30.4 Å². The van der Waals surface area contributed by atoms with Crippen molar-refractivity contribution in [1.29, 1.82) is 0 Å². The molecule has 2 rings (SSSR count). The largest absolute Gasteiger partial charge is 0.387 e. The standard InChI is InChI=1S/C13H18N2O/c1-13(7-8-13)9-15-12(16)10-5-3-4-6-11(10)14-2/h3-6,14H,7-9H2,1-2H3,(H,15,16). The molecule has 0 aromatic heterocycles. The minimum Gasteiger partial charge on any atom is -0.387 e. The highest BCUT2D eigenvalue weighted by molar-refractivity contribution is 5.99. The van der Waals surface area contributed by atoms with Crippen LogP contribution < -0.4 is 10.6 Å². The molecule has 16 heavy (non-hydrogen) atoms. The first-order chi connectivity index (χ1) is 7.64. The topological polar surface area (TPSA) is 41.1 Å². The Labute approximate surface area is 96.2 Å². The first-order valence-corrected chi connectivity index (χ1v) is 5.70. The van der Waals surface area contributed by atoms with Gasteiger partial charge in [0.05, 0.1) is 5.56 Å². The maximum absolute atomic E-state index is 11.9. The number of benzene rings is 1. The van der Waals surface area contributed by atoms with Gasteiger partial charge in [-0.15, -0.1) is 0 Å². The molecule has 3 nitrogen and oxygen atoms in total. The van der Waals surface area contributed by atoms with E-state index in [1.54, 1.807) is 0 Å². The molecule has 1 aromatic rings. The number of hydrogen-bond donors (Lipinski definition) is 2. The molecule has 1 aromatic carbocycles. The van der Waals surface area contributed by atoms with E-state index in [2.05, 4.69) is 17.6 Å². The summed E-state index contributed by atoms with van der Waals surface area (Å²) in [5.41, 5.74) is 1.94. The van der Waals surface area contributed by atoms with Crippen LogP contribution in [0.25, 0.3) is 0 Å². The third-order valence-corrected chi connectivity index (χ3v) is 3.22. The molecule has 0 aliphatic heterocycles. The van der Waals surface area contributed by atoms with E-state index in [0.717, 1.165) is 12.2 Å². The molecular weight excluding hydrogens is 200 g/mol. The molecule has 3 heteroatoms. The van der Waals surface area contributed by atoms with Gasteiger partial charge in [0.15, 0.2) is 0 Å². The number of hydrogen-bond acceptors (Lipinski definition) is 2. The first-order valence-electron chi connectivity index (χ1n) is 5.70. The predicted octanol–water partition coefficient (Wildman–Crippen LogP) is 2.26. The lowest BCUT2D eigenvalue weighted by atomic mass is 10.1. The van der Waals surface area contributed by atoms with Crippen LogP contribution in [0.3, 0.4) is 0 Å². The molecule has 0 unspecified atom stereocenters. The fourth-order valence-electron chi connectivity index (χ4n) is 1.68. The van der Waals surface area contributed by atoms with Crippen LogP contribution in [0.15, 0.2) is 24.3 Å². The third-order valence-electron chi connectivity index (χ3n) is 3.22. The Balaban J connectivity index is 2.02. The summed E-state index contributed by atoms with van der Waals surface area (Å²) in [6, 6.07) is 7.56. The maximum atomic E-state index is 11.9. The Morgan fingerprint density at radius 2 is 2.06 bits per heavy atom. The van der Waals surface area contributed by atoms with Crippen molar-refractivity contribution in [2.45, 2.75) is 19.8 Å². The average Bonchev–Trinajstić information content (AvgIpc) is 3.05. The lowest BCUT2D eigenvalue weighted by Crippen LogP contribution is -2.29. The zero-order chi connectivity index (χ0) is 11.6. The number of rotatable bonds is 4. The number of carbonyl (C=O) groups excluding carboxylic acids is 1. The van der Waals surface area contributed by atoms with E-state index in [1.807, 2.05) is 31.3 Å². The summed E-state index contributed by atoms with van der Waals surface area (Å²) in [6.45, 7) is 2.99. The van der Waals surface area contributed by atoms with Crippen LogP contribution in [0.5, 0.6) is 0 Å². The van der Waals surface area contributed by atoms with Crippen molar-refractivity contribution in [3.8, 4) is 0 Å². The Morgan fingerprint density at radius 3 is 2.69 bits per heavy atom. The fraction of sp³-hybridized carbons (Fsp3) is 0.462. The van der Waals surface area contributed by atoms with Crippen molar-refractivity contribution < 1.29 is 4.79 Å². The number of anilines is 1. The van der Waals surface area contributed by atoms with Crippen molar-refractivity contribution in [2.24, 2.45) is 5.41 Å². The van der Waals surface area contributed by atoms with E-state index in [9.17, 15) is 4.79 Å². The second kappa shape index (κ2) is 4.16. The van der Waals surface area contributed by atoms with Crippen molar-refractivity contribution >= 4 is 11.6 Å². The molecule has 1 saturated carbocycles. The number of nitrogens with one attached hydrogen (secondary N) is 2. The SMILES string of the molecule is CNc1ccccc1C(=O)NCC1(C)CC1. The maximum Gasteiger partial charge on any atom is 0.253 e. The molecule has 1 aliphatic carbocycles. The highest BCUT2D eigenvalue weighted by Gasteiger charge is 2.37. The van der Waals surface area contributed by atoms with Gasteiger partial charge in [0.1, 0.15) is 0 Å². The summed E-state index contributed by atoms with van der Waals surface area (Å²) < 4.78 is 0. The van der Waals surface area contributed by atoms with Gasteiger partial charge in [0.25, 0.3) is 5.91 Å². The van der Waals surface area contributed by atoms with Crippen LogP contribution in [0, 0.1) is 5.41 Å². The van der Waals surface area contributed by atoms with Crippen LogP contribution in [-0.2, 0) is 0 Å². The summed E-state index contributed by atoms with van der Waals surface area (Å²) >= 11 is 0. The van der Waals surface area contributed by atoms with Gasteiger partial charge >= 0.3 is 0 Å². The molecular formula is C13H18N2O. The normalized spacial score (nSPS) is 16.6. The summed E-state index contributed by atoms with van der Waals surface area (Å²) in [6.07, 6.45) is 2.45. The Kier molecular flexibility index (Phi) is 2.86. The highest BCUT2D eigenvalue weighted by Crippen LogP contribution is 2.44. The van der Waals surface area contributed by atoms with E-state index < -0.39 is 0 Å². The fourth-order valence-corrected chi connectivity index (χ4v) is 1.68. The summed E-state index contributed by atoms with van der Waals surface area (Å²) in [7, 11) is 1.83. The van der Waals surface area contributed by atoms with Crippen LogP contribution in [0.4, 0.5) is 5.69 Å². The second-order valence-corrected chi connectivity index (χ2v) is 4.79. The Morgan fingerprint density at radius 1 is 1.38 bits per heavy atom. The first kappa shape index (κ1) is 11.0. The molecule has 2 N–H and O–H groups in total. The predicted molar refractivity (Wildman–Crippen MR) is 65.7 cm³/mol. The third kappa shape index (κ3) is 2.35. The van der Waals surface area contributed by atoms with Gasteiger partial charge in [0, 0.05) is 19.3 Å². The van der Waals surface area contributed by atoms with Crippen LogP contribution in [0.1, 0.15) is 30.1 Å². The molecule has 1 amide bonds. The number of amides is 1. The van der Waals surface area contributed by atoms with Crippen molar-refractivity contribution in [3.05, 3.63) is 29.8 Å². The molecule has 0 spiro atoms. The minimum absolute atomic E-state index is 0.0121. The molecule has 0 radical (unpaired) electrons. The van der Waals surface area contributed by atoms with Crippen LogP contribution in [-0.4, -0.2) is 19.5 Å². The molecule has 1 fully saturated rings. The van der Waals surface area contributed by atoms with E-state index in [1.165, 1.54) is 12.8 Å².